The molecule has 62 valence electrons. The summed E-state index contributed by atoms with van der Waals surface area (Å²) in [6, 6.07) is 6.03. The van der Waals surface area contributed by atoms with Gasteiger partial charge in [0.15, 0.2) is 0 Å². The quantitative estimate of drug-likeness (QED) is 0.593. The van der Waals surface area contributed by atoms with Gasteiger partial charge in [-0.05, 0) is 25.5 Å². The molecule has 0 aliphatic heterocycles. The first-order valence-corrected chi connectivity index (χ1v) is 3.90. The zero-order chi connectivity index (χ0) is 8.72. The molecule has 0 aliphatic carbocycles. The van der Waals surface area contributed by atoms with Crippen LogP contribution in [0.5, 0.6) is 0 Å². The van der Waals surface area contributed by atoms with Crippen molar-refractivity contribution >= 4 is 10.9 Å². The lowest BCUT2D eigenvalue weighted by molar-refractivity contribution is 0.844. The summed E-state index contributed by atoms with van der Waals surface area (Å²) >= 11 is 0. The summed E-state index contributed by atoms with van der Waals surface area (Å²) in [4.78, 5) is 1.43. The molecule has 0 bridgehead atoms. The maximum atomic E-state index is 5.65. The van der Waals surface area contributed by atoms with Crippen LogP contribution in [0, 0.1) is 13.8 Å². The number of nitrogens with zero attached hydrogens (tertiary/aromatic N) is 2. The van der Waals surface area contributed by atoms with Crippen LogP contribution in [0.4, 0.5) is 0 Å². The maximum absolute atomic E-state index is 5.65. The lowest BCUT2D eigenvalue weighted by Gasteiger charge is -1.95. The van der Waals surface area contributed by atoms with E-state index >= 15 is 0 Å². The Hall–Kier alpha value is -1.51. The highest BCUT2D eigenvalue weighted by Gasteiger charge is 2.05. The number of rotatable bonds is 0. The van der Waals surface area contributed by atoms with Crippen LogP contribution in [0.25, 0.3) is 10.9 Å². The van der Waals surface area contributed by atoms with E-state index in [0.717, 1.165) is 11.2 Å². The molecule has 3 nitrogen and oxygen atoms in total. The molecule has 0 saturated heterocycles. The van der Waals surface area contributed by atoms with Crippen molar-refractivity contribution in [3.05, 3.63) is 29.5 Å². The second kappa shape index (κ2) is 2.24. The van der Waals surface area contributed by atoms with Gasteiger partial charge in [-0.3, -0.25) is 0 Å². The van der Waals surface area contributed by atoms with E-state index in [4.69, 9.17) is 5.84 Å². The minimum Gasteiger partial charge on any atom is -0.323 e. The molecule has 2 N–H and O–H groups in total. The molecule has 0 atom stereocenters. The summed E-state index contributed by atoms with van der Waals surface area (Å²) in [6.07, 6.45) is 0. The number of hydrogen-bond acceptors (Lipinski definition) is 2. The van der Waals surface area contributed by atoms with Crippen LogP contribution in [0.3, 0.4) is 0 Å². The van der Waals surface area contributed by atoms with Gasteiger partial charge >= 0.3 is 0 Å². The molecule has 0 unspecified atom stereocenters. The molecule has 1 aromatic carbocycles. The van der Waals surface area contributed by atoms with Crippen molar-refractivity contribution in [2.45, 2.75) is 13.8 Å². The zero-order valence-corrected chi connectivity index (χ0v) is 7.20. The SMILES string of the molecule is Cc1cccc2c1c(C)nn2N. The van der Waals surface area contributed by atoms with E-state index in [9.17, 15) is 0 Å². The zero-order valence-electron chi connectivity index (χ0n) is 7.20. The fourth-order valence-corrected chi connectivity index (χ4v) is 1.58. The van der Waals surface area contributed by atoms with Crippen molar-refractivity contribution in [2.75, 3.05) is 5.84 Å². The smallest absolute Gasteiger partial charge is 0.0921 e. The minimum absolute atomic E-state index is 0.991. The Balaban J connectivity index is 2.99. The molecule has 12 heavy (non-hydrogen) atoms. The molecule has 0 aliphatic rings. The van der Waals surface area contributed by atoms with Gasteiger partial charge in [-0.15, -0.1) is 0 Å². The molecule has 1 aromatic heterocycles. The second-order valence-corrected chi connectivity index (χ2v) is 3.00. The third kappa shape index (κ3) is 0.794. The maximum Gasteiger partial charge on any atom is 0.0921 e. The molecule has 1 heterocycles. The predicted octanol–water partition coefficient (Wildman–Crippen LogP) is 1.37. The van der Waals surface area contributed by atoms with Gasteiger partial charge in [0.05, 0.1) is 11.2 Å². The van der Waals surface area contributed by atoms with E-state index in [1.165, 1.54) is 15.7 Å². The van der Waals surface area contributed by atoms with E-state index < -0.39 is 0 Å². The number of benzene rings is 1. The number of fused-ring (bicyclic) bond motifs is 1. The largest absolute Gasteiger partial charge is 0.323 e. The fourth-order valence-electron chi connectivity index (χ4n) is 1.58. The average molecular weight is 161 g/mol. The Morgan fingerprint density at radius 2 is 2.08 bits per heavy atom. The number of hydrogen-bond donors (Lipinski definition) is 1. The highest BCUT2D eigenvalue weighted by molar-refractivity contribution is 5.85. The van der Waals surface area contributed by atoms with Gasteiger partial charge in [0.1, 0.15) is 0 Å². The van der Waals surface area contributed by atoms with E-state index in [1.54, 1.807) is 0 Å². The normalized spacial score (nSPS) is 10.8. The van der Waals surface area contributed by atoms with Gasteiger partial charge in [-0.25, -0.2) is 0 Å². The molecule has 0 radical (unpaired) electrons. The highest BCUT2D eigenvalue weighted by atomic mass is 15.5. The summed E-state index contributed by atoms with van der Waals surface area (Å²) in [7, 11) is 0. The Morgan fingerprint density at radius 1 is 1.33 bits per heavy atom. The van der Waals surface area contributed by atoms with Crippen LogP contribution in [-0.2, 0) is 0 Å². The Kier molecular flexibility index (Phi) is 1.33. The summed E-state index contributed by atoms with van der Waals surface area (Å²) in [6.45, 7) is 4.04. The molecule has 0 spiro atoms. The van der Waals surface area contributed by atoms with Gasteiger partial charge in [-0.1, -0.05) is 12.1 Å². The summed E-state index contributed by atoms with van der Waals surface area (Å²) < 4.78 is 0. The minimum atomic E-state index is 0.991. The number of aromatic nitrogens is 2. The number of nitrogen functional groups attached to an aromatic ring is 1. The molecule has 0 amide bonds. The molecule has 0 fully saturated rings. The summed E-state index contributed by atoms with van der Waals surface area (Å²) in [5.74, 6) is 5.65. The molecular formula is C9H11N3. The molecular weight excluding hydrogens is 150 g/mol. The van der Waals surface area contributed by atoms with E-state index in [0.29, 0.717) is 0 Å². The number of nitrogens with two attached hydrogens (primary N) is 1. The average Bonchev–Trinajstić information content (AvgIpc) is 2.29. The van der Waals surface area contributed by atoms with E-state index in [-0.39, 0.29) is 0 Å². The monoisotopic (exact) mass is 161 g/mol. The third-order valence-electron chi connectivity index (χ3n) is 2.12. The standard InChI is InChI=1S/C9H11N3/c1-6-4-3-5-8-9(6)7(2)11-12(8)10/h3-5H,10H2,1-2H3. The van der Waals surface area contributed by atoms with Crippen molar-refractivity contribution in [3.8, 4) is 0 Å². The van der Waals surface area contributed by atoms with E-state index in [2.05, 4.69) is 18.1 Å². The lowest BCUT2D eigenvalue weighted by atomic mass is 10.1. The first kappa shape index (κ1) is 7.16. The third-order valence-corrected chi connectivity index (χ3v) is 2.12. The van der Waals surface area contributed by atoms with Gasteiger partial charge < -0.3 is 5.84 Å². The van der Waals surface area contributed by atoms with Crippen LogP contribution in [-0.4, -0.2) is 9.89 Å². The van der Waals surface area contributed by atoms with Gasteiger partial charge in [0.25, 0.3) is 0 Å². The van der Waals surface area contributed by atoms with Crippen LogP contribution in [0.15, 0.2) is 18.2 Å². The van der Waals surface area contributed by atoms with Crippen LogP contribution in [0.1, 0.15) is 11.3 Å². The first-order valence-electron chi connectivity index (χ1n) is 3.90. The van der Waals surface area contributed by atoms with Gasteiger partial charge in [0.2, 0.25) is 0 Å². The Bertz CT molecular complexity index is 429. The van der Waals surface area contributed by atoms with Crippen molar-refractivity contribution in [3.63, 3.8) is 0 Å². The van der Waals surface area contributed by atoms with Crippen molar-refractivity contribution in [2.24, 2.45) is 0 Å². The molecule has 2 rings (SSSR count). The van der Waals surface area contributed by atoms with Crippen molar-refractivity contribution < 1.29 is 0 Å². The summed E-state index contributed by atoms with van der Waals surface area (Å²) in [5.41, 5.74) is 3.21. The van der Waals surface area contributed by atoms with Crippen LogP contribution < -0.4 is 5.84 Å². The van der Waals surface area contributed by atoms with E-state index in [1.807, 2.05) is 19.1 Å². The fraction of sp³-hybridized carbons (Fsp3) is 0.222. The summed E-state index contributed by atoms with van der Waals surface area (Å²) in [5, 5.41) is 5.31. The van der Waals surface area contributed by atoms with Gasteiger partial charge in [-0.2, -0.15) is 9.89 Å². The highest BCUT2D eigenvalue weighted by Crippen LogP contribution is 2.19. The number of aryl methyl sites for hydroxylation is 2. The topological polar surface area (TPSA) is 43.8 Å². The first-order chi connectivity index (χ1) is 5.70. The second-order valence-electron chi connectivity index (χ2n) is 3.00. The van der Waals surface area contributed by atoms with Crippen molar-refractivity contribution in [1.82, 2.24) is 9.89 Å². The Labute approximate surface area is 70.8 Å². The molecule has 0 saturated carbocycles. The Morgan fingerprint density at radius 3 is 2.75 bits per heavy atom. The van der Waals surface area contributed by atoms with Gasteiger partial charge in [0, 0.05) is 5.39 Å². The molecule has 2 aromatic rings. The lowest BCUT2D eigenvalue weighted by Crippen LogP contribution is -2.09. The molecule has 3 heteroatoms. The van der Waals surface area contributed by atoms with Crippen LogP contribution >= 0.6 is 0 Å². The predicted molar refractivity (Wildman–Crippen MR) is 49.4 cm³/mol. The van der Waals surface area contributed by atoms with Crippen molar-refractivity contribution in [1.29, 1.82) is 0 Å². The van der Waals surface area contributed by atoms with Crippen LogP contribution in [0.2, 0.25) is 0 Å².